The van der Waals surface area contributed by atoms with Gasteiger partial charge in [-0.3, -0.25) is 4.79 Å². The number of aromatic nitrogens is 1. The van der Waals surface area contributed by atoms with Crippen LogP contribution in [0.5, 0.6) is 0 Å². The van der Waals surface area contributed by atoms with E-state index in [1.54, 1.807) is 18.2 Å². The maximum Gasteiger partial charge on any atom is 0.252 e. The van der Waals surface area contributed by atoms with Crippen LogP contribution >= 0.6 is 0 Å². The molecule has 3 aromatic rings. The summed E-state index contributed by atoms with van der Waals surface area (Å²) in [7, 11) is 0. The molecule has 144 valence electrons. The molecule has 1 aromatic heterocycles. The van der Waals surface area contributed by atoms with E-state index in [2.05, 4.69) is 10.5 Å². The molecule has 0 unspecified atom stereocenters. The summed E-state index contributed by atoms with van der Waals surface area (Å²) >= 11 is 0. The molecule has 2 aromatic carbocycles. The third kappa shape index (κ3) is 3.97. The topological polar surface area (TPSA) is 64.4 Å². The number of nitrogens with one attached hydrogen (secondary N) is 1. The van der Waals surface area contributed by atoms with Crippen LogP contribution in [0.15, 0.2) is 59.1 Å². The van der Waals surface area contributed by atoms with Crippen LogP contribution in [0.4, 0.5) is 4.39 Å². The highest BCUT2D eigenvalue weighted by atomic mass is 19.1. The van der Waals surface area contributed by atoms with E-state index in [0.717, 1.165) is 22.6 Å². The van der Waals surface area contributed by atoms with Gasteiger partial charge in [-0.15, -0.1) is 0 Å². The molecule has 0 radical (unpaired) electrons. The Morgan fingerprint density at radius 2 is 1.96 bits per heavy atom. The molecule has 28 heavy (non-hydrogen) atoms. The van der Waals surface area contributed by atoms with Crippen LogP contribution in [0, 0.1) is 18.7 Å². The summed E-state index contributed by atoms with van der Waals surface area (Å²) in [6.45, 7) is 2.90. The summed E-state index contributed by atoms with van der Waals surface area (Å²) in [5, 5.41) is 7.01. The number of hydrogen-bond acceptors (Lipinski definition) is 4. The SMILES string of the molecule is Cc1cc(C[C@@H]2COC[C@@H]2NC(=O)c2ccccc2-c2ccc(F)cc2)on1. The molecular weight excluding hydrogens is 359 g/mol. The fourth-order valence-electron chi connectivity index (χ4n) is 3.54. The van der Waals surface area contributed by atoms with Crippen molar-refractivity contribution in [2.75, 3.05) is 13.2 Å². The first-order valence-corrected chi connectivity index (χ1v) is 9.26. The van der Waals surface area contributed by atoms with Gasteiger partial charge in [-0.25, -0.2) is 4.39 Å². The number of ether oxygens (including phenoxy) is 1. The molecule has 0 aliphatic carbocycles. The number of aryl methyl sites for hydroxylation is 1. The number of rotatable bonds is 5. The minimum atomic E-state index is -0.306. The molecule has 5 nitrogen and oxygen atoms in total. The largest absolute Gasteiger partial charge is 0.379 e. The monoisotopic (exact) mass is 380 g/mol. The summed E-state index contributed by atoms with van der Waals surface area (Å²) in [5.41, 5.74) is 2.95. The average molecular weight is 380 g/mol. The van der Waals surface area contributed by atoms with Gasteiger partial charge in [0.15, 0.2) is 0 Å². The van der Waals surface area contributed by atoms with Gasteiger partial charge in [-0.1, -0.05) is 35.5 Å². The zero-order valence-corrected chi connectivity index (χ0v) is 15.5. The number of hydrogen-bond donors (Lipinski definition) is 1. The Kier molecular flexibility index (Phi) is 5.21. The average Bonchev–Trinajstić information content (AvgIpc) is 3.31. The Balaban J connectivity index is 1.51. The van der Waals surface area contributed by atoms with Crippen LogP contribution in [0.2, 0.25) is 0 Å². The number of amides is 1. The Labute approximate surface area is 162 Å². The predicted molar refractivity (Wildman–Crippen MR) is 102 cm³/mol. The van der Waals surface area contributed by atoms with Crippen LogP contribution in [-0.2, 0) is 11.2 Å². The van der Waals surface area contributed by atoms with Crippen molar-refractivity contribution >= 4 is 5.91 Å². The molecule has 0 bridgehead atoms. The maximum absolute atomic E-state index is 13.3. The van der Waals surface area contributed by atoms with Gasteiger partial charge >= 0.3 is 0 Å². The van der Waals surface area contributed by atoms with Crippen molar-refractivity contribution < 1.29 is 18.4 Å². The van der Waals surface area contributed by atoms with E-state index in [9.17, 15) is 9.18 Å². The molecular formula is C22H21FN2O3. The second-order valence-corrected chi connectivity index (χ2v) is 7.07. The van der Waals surface area contributed by atoms with E-state index >= 15 is 0 Å². The second kappa shape index (κ2) is 7.94. The third-order valence-corrected chi connectivity index (χ3v) is 4.98. The van der Waals surface area contributed by atoms with Crippen molar-refractivity contribution in [1.82, 2.24) is 10.5 Å². The summed E-state index contributed by atoms with van der Waals surface area (Å²) < 4.78 is 24.1. The molecule has 2 heterocycles. The molecule has 4 rings (SSSR count). The van der Waals surface area contributed by atoms with Crippen LogP contribution in [-0.4, -0.2) is 30.3 Å². The van der Waals surface area contributed by atoms with Crippen LogP contribution in [0.1, 0.15) is 21.8 Å². The highest BCUT2D eigenvalue weighted by Crippen LogP contribution is 2.25. The summed E-state index contributed by atoms with van der Waals surface area (Å²) in [5.74, 6) is 0.432. The van der Waals surface area contributed by atoms with Gasteiger partial charge in [0.2, 0.25) is 0 Å². The van der Waals surface area contributed by atoms with Gasteiger partial charge in [0.05, 0.1) is 24.9 Å². The van der Waals surface area contributed by atoms with Gasteiger partial charge in [-0.2, -0.15) is 0 Å². The highest BCUT2D eigenvalue weighted by Gasteiger charge is 2.31. The van der Waals surface area contributed by atoms with Crippen molar-refractivity contribution in [3.8, 4) is 11.1 Å². The van der Waals surface area contributed by atoms with Gasteiger partial charge in [-0.05, 0) is 36.2 Å². The zero-order valence-electron chi connectivity index (χ0n) is 15.5. The highest BCUT2D eigenvalue weighted by molar-refractivity contribution is 6.01. The zero-order chi connectivity index (χ0) is 19.5. The molecule has 1 aliphatic rings. The summed E-state index contributed by atoms with van der Waals surface area (Å²) in [6.07, 6.45) is 0.658. The fraction of sp³-hybridized carbons (Fsp3) is 0.273. The fourth-order valence-corrected chi connectivity index (χ4v) is 3.54. The molecule has 0 spiro atoms. The molecule has 1 amide bonds. The Morgan fingerprint density at radius 1 is 1.18 bits per heavy atom. The van der Waals surface area contributed by atoms with E-state index in [-0.39, 0.29) is 23.7 Å². The van der Waals surface area contributed by atoms with Crippen LogP contribution < -0.4 is 5.32 Å². The lowest BCUT2D eigenvalue weighted by Gasteiger charge is -2.19. The first kappa shape index (κ1) is 18.4. The van der Waals surface area contributed by atoms with Gasteiger partial charge < -0.3 is 14.6 Å². The lowest BCUT2D eigenvalue weighted by molar-refractivity contribution is 0.0925. The number of halogens is 1. The van der Waals surface area contributed by atoms with E-state index in [1.807, 2.05) is 31.2 Å². The van der Waals surface area contributed by atoms with E-state index in [1.165, 1.54) is 12.1 Å². The molecule has 1 N–H and O–H groups in total. The molecule has 2 atom stereocenters. The van der Waals surface area contributed by atoms with Crippen LogP contribution in [0.25, 0.3) is 11.1 Å². The van der Waals surface area contributed by atoms with Crippen LogP contribution in [0.3, 0.4) is 0 Å². The van der Waals surface area contributed by atoms with E-state index < -0.39 is 0 Å². The molecule has 0 saturated carbocycles. The number of carbonyl (C=O) groups excluding carboxylic acids is 1. The predicted octanol–water partition coefficient (Wildman–Crippen LogP) is 3.78. The Hall–Kier alpha value is -2.99. The molecule has 1 saturated heterocycles. The van der Waals surface area contributed by atoms with Crippen molar-refractivity contribution in [2.45, 2.75) is 19.4 Å². The Bertz CT molecular complexity index is 968. The first-order chi connectivity index (χ1) is 13.6. The lowest BCUT2D eigenvalue weighted by Crippen LogP contribution is -2.40. The summed E-state index contributed by atoms with van der Waals surface area (Å²) in [4.78, 5) is 13.0. The number of nitrogens with zero attached hydrogens (tertiary/aromatic N) is 1. The number of carbonyl (C=O) groups is 1. The number of benzene rings is 2. The minimum Gasteiger partial charge on any atom is -0.379 e. The van der Waals surface area contributed by atoms with Crippen molar-refractivity contribution in [2.24, 2.45) is 5.92 Å². The molecule has 1 fully saturated rings. The second-order valence-electron chi connectivity index (χ2n) is 7.07. The smallest absolute Gasteiger partial charge is 0.252 e. The normalized spacial score (nSPS) is 18.9. The summed E-state index contributed by atoms with van der Waals surface area (Å²) in [6, 6.07) is 15.3. The lowest BCUT2D eigenvalue weighted by atomic mass is 9.96. The standard InChI is InChI=1S/C22H21FN2O3/c1-14-10-18(28-25-14)11-16-12-27-13-21(16)24-22(26)20-5-3-2-4-19(20)15-6-8-17(23)9-7-15/h2-10,16,21H,11-13H2,1H3,(H,24,26)/t16-,21+/m1/s1. The quantitative estimate of drug-likeness (QED) is 0.732. The van der Waals surface area contributed by atoms with Gasteiger partial charge in [0.25, 0.3) is 5.91 Å². The van der Waals surface area contributed by atoms with Crippen molar-refractivity contribution in [3.63, 3.8) is 0 Å². The van der Waals surface area contributed by atoms with E-state index in [0.29, 0.717) is 25.2 Å². The van der Waals surface area contributed by atoms with Gasteiger partial charge in [0.1, 0.15) is 11.6 Å². The maximum atomic E-state index is 13.3. The third-order valence-electron chi connectivity index (χ3n) is 4.98. The van der Waals surface area contributed by atoms with E-state index in [4.69, 9.17) is 9.26 Å². The molecule has 1 aliphatic heterocycles. The minimum absolute atomic E-state index is 0.112. The van der Waals surface area contributed by atoms with Crippen molar-refractivity contribution in [3.05, 3.63) is 77.4 Å². The van der Waals surface area contributed by atoms with Gasteiger partial charge in [0, 0.05) is 24.0 Å². The Morgan fingerprint density at radius 3 is 2.71 bits per heavy atom. The van der Waals surface area contributed by atoms with Crippen molar-refractivity contribution in [1.29, 1.82) is 0 Å². The first-order valence-electron chi connectivity index (χ1n) is 9.26. The molecule has 6 heteroatoms.